The summed E-state index contributed by atoms with van der Waals surface area (Å²) >= 11 is 0. The fourth-order valence-corrected chi connectivity index (χ4v) is 9.64. The van der Waals surface area contributed by atoms with Crippen molar-refractivity contribution in [3.8, 4) is 0 Å². The Labute approximate surface area is 538 Å². The zero-order chi connectivity index (χ0) is 69.2. The van der Waals surface area contributed by atoms with Crippen LogP contribution in [0.5, 0.6) is 0 Å². The van der Waals surface area contributed by atoms with Crippen LogP contribution in [0.1, 0.15) is 131 Å². The molecule has 92 heavy (non-hydrogen) atoms. The van der Waals surface area contributed by atoms with Crippen LogP contribution in [-0.4, -0.2) is 205 Å². The lowest BCUT2D eigenvalue weighted by Crippen LogP contribution is -2.62. The van der Waals surface area contributed by atoms with Gasteiger partial charge in [-0.3, -0.25) is 57.5 Å². The third kappa shape index (κ3) is 28.6. The van der Waals surface area contributed by atoms with Crippen LogP contribution in [0.4, 0.5) is 0 Å². The van der Waals surface area contributed by atoms with Gasteiger partial charge in [-0.15, -0.1) is 0 Å². The molecule has 15 atom stereocenters. The van der Waals surface area contributed by atoms with Crippen molar-refractivity contribution in [2.24, 2.45) is 46.2 Å². The molecule has 1 aliphatic heterocycles. The third-order valence-electron chi connectivity index (χ3n) is 15.3. The summed E-state index contributed by atoms with van der Waals surface area (Å²) in [6.45, 7) is 9.89. The molecule has 0 spiro atoms. The molecular weight excluding hydrogens is 1200 g/mol. The van der Waals surface area contributed by atoms with Gasteiger partial charge in [0, 0.05) is 19.4 Å². The van der Waals surface area contributed by atoms with Crippen LogP contribution < -0.4 is 92.9 Å². The van der Waals surface area contributed by atoms with Gasteiger partial charge < -0.3 is 108 Å². The Kier molecular flexibility index (Phi) is 37.4. The summed E-state index contributed by atoms with van der Waals surface area (Å²) in [6, 6.07) is -8.54. The zero-order valence-corrected chi connectivity index (χ0v) is 54.2. The molecule has 1 aliphatic rings. The molecule has 32 heteroatoms. The predicted octanol–water partition coefficient (Wildman–Crippen LogP) is -5.99. The van der Waals surface area contributed by atoms with E-state index in [0.717, 1.165) is 19.3 Å². The molecule has 0 radical (unpaired) electrons. The number of nitrogens with one attached hydrogen (secondary N) is 11. The highest BCUT2D eigenvalue weighted by Crippen LogP contribution is 2.15. The Balaban J connectivity index is 2.79. The van der Waals surface area contributed by atoms with Crippen molar-refractivity contribution < 1.29 is 72.5 Å². The van der Waals surface area contributed by atoms with E-state index in [1.54, 1.807) is 44.2 Å². The highest BCUT2D eigenvalue weighted by atomic mass is 16.5. The first-order chi connectivity index (χ1) is 43.5. The van der Waals surface area contributed by atoms with Gasteiger partial charge in [-0.25, -0.2) is 0 Å². The minimum absolute atomic E-state index is 0.0253. The van der Waals surface area contributed by atoms with Crippen molar-refractivity contribution in [3.63, 3.8) is 0 Å². The van der Waals surface area contributed by atoms with Crippen LogP contribution in [-0.2, 0) is 68.7 Å². The van der Waals surface area contributed by atoms with Crippen molar-refractivity contribution >= 4 is 70.9 Å². The van der Waals surface area contributed by atoms with Gasteiger partial charge in [-0.05, 0) is 122 Å². The fraction of sp³-hybridized carbons (Fsp3) is 0.700. The maximum atomic E-state index is 14.7. The van der Waals surface area contributed by atoms with Crippen molar-refractivity contribution in [1.82, 2.24) is 58.5 Å². The first-order valence-corrected chi connectivity index (χ1v) is 31.7. The molecule has 0 aromatic heterocycles. The number of carbonyl (C=O) groups is 12. The molecule has 0 saturated carbocycles. The van der Waals surface area contributed by atoms with Crippen LogP contribution in [0.3, 0.4) is 0 Å². The summed E-state index contributed by atoms with van der Waals surface area (Å²) in [5, 5.41) is 49.0. The van der Waals surface area contributed by atoms with Crippen LogP contribution in [0.2, 0.25) is 0 Å². The van der Waals surface area contributed by atoms with E-state index in [9.17, 15) is 67.7 Å². The van der Waals surface area contributed by atoms with Gasteiger partial charge in [0.2, 0.25) is 65.0 Å². The number of carbonyl (C=O) groups excluding carboxylic acids is 12. The van der Waals surface area contributed by atoms with E-state index in [2.05, 4.69) is 72.3 Å². The van der Waals surface area contributed by atoms with Gasteiger partial charge in [0.15, 0.2) is 0 Å². The molecule has 0 bridgehead atoms. The predicted molar refractivity (Wildman–Crippen MR) is 340 cm³/mol. The molecule has 32 nitrogen and oxygen atoms in total. The smallest absolute Gasteiger partial charge is 0.325 e. The first-order valence-electron chi connectivity index (χ1n) is 31.7. The Bertz CT molecular complexity index is 2550. The topological polar surface area (TPSA) is 543 Å². The monoisotopic (exact) mass is 1300 g/mol. The molecular formula is C60H105N17O15. The number of esters is 1. The zero-order valence-electron chi connectivity index (χ0n) is 54.2. The Morgan fingerprint density at radius 2 is 1.09 bits per heavy atom. The number of hydrogen-bond acceptors (Lipinski definition) is 21. The number of benzene rings is 1. The van der Waals surface area contributed by atoms with Gasteiger partial charge in [-0.2, -0.15) is 0 Å². The van der Waals surface area contributed by atoms with Gasteiger partial charge in [0.05, 0.1) is 12.2 Å². The summed E-state index contributed by atoms with van der Waals surface area (Å²) in [5.74, 6) is -11.2. The van der Waals surface area contributed by atoms with E-state index >= 15 is 0 Å². The van der Waals surface area contributed by atoms with Crippen LogP contribution in [0.25, 0.3) is 0 Å². The molecule has 11 amide bonds. The average molecular weight is 1300 g/mol. The lowest BCUT2D eigenvalue weighted by Gasteiger charge is -2.30. The number of amides is 11. The van der Waals surface area contributed by atoms with E-state index in [0.29, 0.717) is 17.9 Å². The Morgan fingerprint density at radius 1 is 0.587 bits per heavy atom. The summed E-state index contributed by atoms with van der Waals surface area (Å²) in [6.07, 6.45) is -3.09. The standard InChI is InChI=1S/C60H105N17O15/c1-8-33(4)14-12-13-17-46(80)68-38(18-24-61)54(85)77-49(36(7)92-60(91)47(66)34(5)78)59(90)73-41(21-27-64)51(82)72-43-23-29-67-58(89)48(35(6)79)76-55(86)42(22-28-65)70-50(81)39(19-25-62)71-56(87)44(30-32(2)3)74-57(88)45(31-37-15-10-9-11-16-37)75-52(83)40(20-26-63)69-53(43)84/h9-11,15-16,32-36,38-45,47-49,78-79H,8,12-14,17-31,61-66H2,1-7H3,(H,67,89)(H,68,80)(H,69,84)(H,70,81)(H,71,87)(H,72,82)(H,73,90)(H,74,88)(H,75,83)(H,76,86)(H,77,85)/t33-,34+,35+,36+,38-,39-,40-,41-,42-,43-,44-,45+,47-,48-,49-/m0/s1. The molecule has 520 valence electrons. The highest BCUT2D eigenvalue weighted by molar-refractivity contribution is 5.99. The maximum Gasteiger partial charge on any atom is 0.325 e. The number of nitrogens with two attached hydrogens (primary N) is 6. The summed E-state index contributed by atoms with van der Waals surface area (Å²) < 4.78 is 5.45. The molecule has 0 aliphatic carbocycles. The second kappa shape index (κ2) is 42.6. The van der Waals surface area contributed by atoms with E-state index < -0.39 is 169 Å². The third-order valence-corrected chi connectivity index (χ3v) is 15.3. The van der Waals surface area contributed by atoms with E-state index in [1.807, 2.05) is 0 Å². The average Bonchev–Trinajstić information content (AvgIpc) is 0.986. The lowest BCUT2D eigenvalue weighted by molar-refractivity contribution is -0.156. The second-order valence-corrected chi connectivity index (χ2v) is 23.7. The largest absolute Gasteiger partial charge is 0.459 e. The van der Waals surface area contributed by atoms with Gasteiger partial charge in [0.25, 0.3) is 0 Å². The number of aliphatic hydroxyl groups excluding tert-OH is 2. The van der Waals surface area contributed by atoms with E-state index in [-0.39, 0.29) is 90.0 Å². The van der Waals surface area contributed by atoms with Crippen molar-refractivity contribution in [3.05, 3.63) is 35.9 Å². The van der Waals surface area contributed by atoms with Crippen molar-refractivity contribution in [2.45, 2.75) is 217 Å². The fourth-order valence-electron chi connectivity index (χ4n) is 9.64. The van der Waals surface area contributed by atoms with Gasteiger partial charge >= 0.3 is 5.97 Å². The molecule has 1 fully saturated rings. The van der Waals surface area contributed by atoms with Gasteiger partial charge in [-0.1, -0.05) is 77.3 Å². The normalized spacial score (nSPS) is 22.7. The molecule has 0 unspecified atom stereocenters. The maximum absolute atomic E-state index is 14.7. The van der Waals surface area contributed by atoms with E-state index in [1.165, 1.54) is 20.8 Å². The van der Waals surface area contributed by atoms with Crippen LogP contribution in [0, 0.1) is 11.8 Å². The Hall–Kier alpha value is -7.46. The quantitative estimate of drug-likeness (QED) is 0.0236. The second-order valence-electron chi connectivity index (χ2n) is 23.7. The van der Waals surface area contributed by atoms with E-state index in [4.69, 9.17) is 39.1 Å². The highest BCUT2D eigenvalue weighted by Gasteiger charge is 2.39. The molecule has 1 aromatic rings. The van der Waals surface area contributed by atoms with Crippen LogP contribution >= 0.6 is 0 Å². The first kappa shape index (κ1) is 80.6. The molecule has 1 aromatic carbocycles. The number of rotatable bonds is 32. The summed E-state index contributed by atoms with van der Waals surface area (Å²) in [5.41, 5.74) is 36.0. The van der Waals surface area contributed by atoms with Crippen molar-refractivity contribution in [1.29, 1.82) is 0 Å². The minimum Gasteiger partial charge on any atom is -0.459 e. The molecule has 1 saturated heterocycles. The van der Waals surface area contributed by atoms with Gasteiger partial charge in [0.1, 0.15) is 72.6 Å². The van der Waals surface area contributed by atoms with Crippen molar-refractivity contribution in [2.75, 3.05) is 39.3 Å². The summed E-state index contributed by atoms with van der Waals surface area (Å²) in [7, 11) is 0. The number of unbranched alkanes of at least 4 members (excludes halogenated alkanes) is 1. The molecule has 1 heterocycles. The number of aliphatic hydroxyl groups is 2. The summed E-state index contributed by atoms with van der Waals surface area (Å²) in [4.78, 5) is 169. The minimum atomic E-state index is -1.85. The Morgan fingerprint density at radius 3 is 1.60 bits per heavy atom. The molecule has 2 rings (SSSR count). The number of hydrogen-bond donors (Lipinski definition) is 19. The van der Waals surface area contributed by atoms with Crippen LogP contribution in [0.15, 0.2) is 30.3 Å². The molecule has 25 N–H and O–H groups in total. The lowest BCUT2D eigenvalue weighted by atomic mass is 10.00. The number of ether oxygens (including phenoxy) is 1. The SMILES string of the molecule is CC[C@H](C)CCCCC(=O)N[C@@H](CCN)C(=O)N[C@H](C(=O)N[C@@H](CCN)C(=O)N[C@H]1CCNC(=O)[C@H]([C@@H](C)O)NC(=O)[C@H](CCN)NC(=O)[C@H](CCN)NC(=O)[C@H](CC(C)C)NC(=O)[C@@H](Cc2ccccc2)NC(=O)[C@H](CCN)NC1=O)[C@@H](C)OC(=O)[C@@H](N)[C@@H](C)O.